The Hall–Kier alpha value is -3.52. The molecule has 4 atom stereocenters. The summed E-state index contributed by atoms with van der Waals surface area (Å²) in [6.45, 7) is 0.664. The van der Waals surface area contributed by atoms with Crippen molar-refractivity contribution in [3.8, 4) is 0 Å². The number of likely N-dealkylation sites (tertiary alicyclic amines) is 1. The first-order valence-electron chi connectivity index (χ1n) is 11.9. The number of H-pyrrole nitrogens is 1. The predicted octanol–water partition coefficient (Wildman–Crippen LogP) is -1.68. The molecule has 9 N–H and O–H groups in total. The fourth-order valence-electron chi connectivity index (χ4n) is 4.03. The topological polar surface area (TPSA) is 234 Å². The van der Waals surface area contributed by atoms with E-state index in [1.807, 2.05) is 0 Å². The zero-order valence-electron chi connectivity index (χ0n) is 20.0. The van der Waals surface area contributed by atoms with Crippen molar-refractivity contribution in [2.24, 2.45) is 11.5 Å². The minimum Gasteiger partial charge on any atom is -0.481 e. The lowest BCUT2D eigenvalue weighted by molar-refractivity contribution is -0.145. The highest BCUT2D eigenvalue weighted by Gasteiger charge is 2.39. The highest BCUT2D eigenvalue weighted by Crippen LogP contribution is 2.20. The van der Waals surface area contributed by atoms with Crippen molar-refractivity contribution in [1.29, 1.82) is 0 Å². The van der Waals surface area contributed by atoms with Gasteiger partial charge in [0.05, 0.1) is 12.4 Å². The zero-order valence-corrected chi connectivity index (χ0v) is 20.0. The van der Waals surface area contributed by atoms with Gasteiger partial charge >= 0.3 is 11.9 Å². The molecule has 0 radical (unpaired) electrons. The average molecular weight is 510 g/mol. The molecule has 0 saturated carbocycles. The number of imidazole rings is 1. The van der Waals surface area contributed by atoms with E-state index in [-0.39, 0.29) is 32.2 Å². The van der Waals surface area contributed by atoms with Gasteiger partial charge in [-0.25, -0.2) is 9.78 Å². The van der Waals surface area contributed by atoms with Crippen LogP contribution < -0.4 is 22.1 Å². The van der Waals surface area contributed by atoms with Crippen LogP contribution in [0.1, 0.15) is 50.6 Å². The number of carboxylic acid groups (broad SMARTS) is 2. The molecule has 1 saturated heterocycles. The molecule has 2 rings (SSSR count). The number of amides is 3. The van der Waals surface area contributed by atoms with Gasteiger partial charge in [-0.15, -0.1) is 0 Å². The maximum absolute atomic E-state index is 13.5. The number of aliphatic carboxylic acids is 2. The predicted molar refractivity (Wildman–Crippen MR) is 126 cm³/mol. The molecular formula is C22H35N7O7. The van der Waals surface area contributed by atoms with Crippen molar-refractivity contribution in [2.75, 3.05) is 13.1 Å². The Bertz CT molecular complexity index is 909. The molecule has 1 aliphatic heterocycles. The quantitative estimate of drug-likeness (QED) is 0.133. The monoisotopic (exact) mass is 509 g/mol. The van der Waals surface area contributed by atoms with Crippen LogP contribution in [-0.4, -0.2) is 92.0 Å². The van der Waals surface area contributed by atoms with E-state index in [1.165, 1.54) is 17.4 Å². The number of unbranched alkanes of at least 4 members (excludes halogenated alkanes) is 1. The summed E-state index contributed by atoms with van der Waals surface area (Å²) in [5.41, 5.74) is 11.8. The fourth-order valence-corrected chi connectivity index (χ4v) is 4.03. The van der Waals surface area contributed by atoms with Gasteiger partial charge in [-0.2, -0.15) is 0 Å². The van der Waals surface area contributed by atoms with Gasteiger partial charge in [0, 0.05) is 31.3 Å². The molecule has 14 nitrogen and oxygen atoms in total. The smallest absolute Gasteiger partial charge is 0.326 e. The molecular weight excluding hydrogens is 474 g/mol. The second-order valence-electron chi connectivity index (χ2n) is 8.75. The second-order valence-corrected chi connectivity index (χ2v) is 8.75. The molecule has 0 aliphatic carbocycles. The van der Waals surface area contributed by atoms with Crippen molar-refractivity contribution >= 4 is 29.7 Å². The second kappa shape index (κ2) is 14.1. The van der Waals surface area contributed by atoms with Crippen LogP contribution in [0.3, 0.4) is 0 Å². The van der Waals surface area contributed by atoms with Crippen LogP contribution in [-0.2, 0) is 30.4 Å². The number of rotatable bonds is 15. The van der Waals surface area contributed by atoms with Crippen LogP contribution in [0.5, 0.6) is 0 Å². The maximum atomic E-state index is 13.5. The molecule has 36 heavy (non-hydrogen) atoms. The van der Waals surface area contributed by atoms with Gasteiger partial charge in [-0.1, -0.05) is 0 Å². The van der Waals surface area contributed by atoms with E-state index in [1.54, 1.807) is 0 Å². The van der Waals surface area contributed by atoms with E-state index in [2.05, 4.69) is 20.6 Å². The number of carboxylic acids is 2. The first-order chi connectivity index (χ1) is 17.1. The van der Waals surface area contributed by atoms with E-state index in [0.717, 1.165) is 0 Å². The van der Waals surface area contributed by atoms with E-state index < -0.39 is 53.8 Å². The lowest BCUT2D eigenvalue weighted by atomic mass is 10.1. The molecule has 1 fully saturated rings. The molecule has 200 valence electrons. The van der Waals surface area contributed by atoms with Crippen LogP contribution in [0.15, 0.2) is 12.5 Å². The lowest BCUT2D eigenvalue weighted by Gasteiger charge is -2.30. The van der Waals surface area contributed by atoms with Crippen LogP contribution in [0.2, 0.25) is 0 Å². The van der Waals surface area contributed by atoms with Crippen molar-refractivity contribution < 1.29 is 34.2 Å². The zero-order chi connectivity index (χ0) is 26.7. The number of carbonyl (C=O) groups is 5. The van der Waals surface area contributed by atoms with Crippen molar-refractivity contribution in [3.05, 3.63) is 18.2 Å². The summed E-state index contributed by atoms with van der Waals surface area (Å²) < 4.78 is 0. The van der Waals surface area contributed by atoms with Crippen LogP contribution in [0.25, 0.3) is 0 Å². The van der Waals surface area contributed by atoms with Crippen molar-refractivity contribution in [3.63, 3.8) is 0 Å². The Morgan fingerprint density at radius 2 is 1.89 bits per heavy atom. The fraction of sp³-hybridized carbons (Fsp3) is 0.636. The first kappa shape index (κ1) is 28.7. The standard InChI is InChI=1S/C22H35N7O7/c23-8-2-1-4-15(22(35)36)27-20(33)17-5-3-9-29(17)21(34)16(10-13-11-25-12-26-13)28-19(32)14(24)6-7-18(30)31/h11-12,14-17H,1-10,23-24H2,(H,25,26)(H,27,33)(H,28,32)(H,30,31)(H,35,36). The number of nitrogens with one attached hydrogen (secondary N) is 3. The molecule has 1 aromatic rings. The number of nitrogens with two attached hydrogens (primary N) is 2. The summed E-state index contributed by atoms with van der Waals surface area (Å²) in [5.74, 6) is -4.07. The minimum atomic E-state index is -1.17. The number of hydrogen-bond donors (Lipinski definition) is 7. The molecule has 0 bridgehead atoms. The first-order valence-corrected chi connectivity index (χ1v) is 11.9. The van der Waals surface area contributed by atoms with Gasteiger partial charge < -0.3 is 42.2 Å². The Kier molecular flexibility index (Phi) is 11.3. The maximum Gasteiger partial charge on any atom is 0.326 e. The van der Waals surface area contributed by atoms with E-state index in [0.29, 0.717) is 37.9 Å². The Morgan fingerprint density at radius 1 is 1.14 bits per heavy atom. The number of hydrogen-bond acceptors (Lipinski definition) is 8. The Balaban J connectivity index is 2.12. The van der Waals surface area contributed by atoms with Crippen LogP contribution in [0, 0.1) is 0 Å². The van der Waals surface area contributed by atoms with Crippen molar-refractivity contribution in [2.45, 2.75) is 75.5 Å². The lowest BCUT2D eigenvalue weighted by Crippen LogP contribution is -2.57. The number of aromatic nitrogens is 2. The van der Waals surface area contributed by atoms with Crippen LogP contribution in [0.4, 0.5) is 0 Å². The Morgan fingerprint density at radius 3 is 2.50 bits per heavy atom. The summed E-state index contributed by atoms with van der Waals surface area (Å²) in [5, 5.41) is 23.4. The molecule has 0 spiro atoms. The highest BCUT2D eigenvalue weighted by atomic mass is 16.4. The van der Waals surface area contributed by atoms with Crippen LogP contribution >= 0.6 is 0 Å². The number of aromatic amines is 1. The summed E-state index contributed by atoms with van der Waals surface area (Å²) in [6, 6.07) is -4.23. The van der Waals surface area contributed by atoms with Gasteiger partial charge in [0.25, 0.3) is 0 Å². The minimum absolute atomic E-state index is 0.0396. The summed E-state index contributed by atoms with van der Waals surface area (Å²) in [6.07, 6.45) is 4.76. The normalized spacial score (nSPS) is 17.7. The average Bonchev–Trinajstić information content (AvgIpc) is 3.53. The SMILES string of the molecule is NCCCCC(NC(=O)C1CCCN1C(=O)C(Cc1cnc[nH]1)NC(=O)C(N)CCC(=O)O)C(=O)O. The molecule has 14 heteroatoms. The highest BCUT2D eigenvalue weighted by molar-refractivity contribution is 5.94. The van der Waals surface area contributed by atoms with Gasteiger partial charge in [0.1, 0.15) is 18.1 Å². The summed E-state index contributed by atoms with van der Waals surface area (Å²) in [4.78, 5) is 69.5. The van der Waals surface area contributed by atoms with Gasteiger partial charge in [0.2, 0.25) is 17.7 Å². The van der Waals surface area contributed by atoms with E-state index in [9.17, 15) is 29.1 Å². The third-order valence-corrected chi connectivity index (χ3v) is 6.00. The van der Waals surface area contributed by atoms with Gasteiger partial charge in [-0.3, -0.25) is 19.2 Å². The molecule has 2 heterocycles. The third kappa shape index (κ3) is 8.61. The molecule has 1 aliphatic rings. The summed E-state index contributed by atoms with van der Waals surface area (Å²) >= 11 is 0. The molecule has 0 aromatic carbocycles. The van der Waals surface area contributed by atoms with E-state index in [4.69, 9.17) is 16.6 Å². The largest absolute Gasteiger partial charge is 0.481 e. The Labute approximate surface area is 208 Å². The number of nitrogens with zero attached hydrogens (tertiary/aromatic N) is 2. The van der Waals surface area contributed by atoms with Gasteiger partial charge in [0.15, 0.2) is 0 Å². The molecule has 4 unspecified atom stereocenters. The van der Waals surface area contributed by atoms with Gasteiger partial charge in [-0.05, 0) is 45.1 Å². The third-order valence-electron chi connectivity index (χ3n) is 6.00. The number of carbonyl (C=O) groups excluding carboxylic acids is 3. The van der Waals surface area contributed by atoms with Crippen molar-refractivity contribution in [1.82, 2.24) is 25.5 Å². The molecule has 1 aromatic heterocycles. The van der Waals surface area contributed by atoms with E-state index >= 15 is 0 Å². The molecule has 3 amide bonds. The summed E-state index contributed by atoms with van der Waals surface area (Å²) in [7, 11) is 0.